The van der Waals surface area contributed by atoms with Crippen LogP contribution in [-0.2, 0) is 0 Å². The van der Waals surface area contributed by atoms with Crippen molar-refractivity contribution in [1.29, 1.82) is 5.26 Å². The first-order valence-electron chi connectivity index (χ1n) is 9.72. The smallest absolute Gasteiger partial charge is 0.242 e. The Morgan fingerprint density at radius 2 is 1.91 bits per heavy atom. The van der Waals surface area contributed by atoms with Gasteiger partial charge < -0.3 is 14.6 Å². The number of hydrogen-bond acceptors (Lipinski definition) is 7. The maximum absolute atomic E-state index is 13.7. The molecule has 0 spiro atoms. The first-order valence-corrected chi connectivity index (χ1v) is 10.5. The summed E-state index contributed by atoms with van der Waals surface area (Å²) in [5.74, 6) is -1.81. The molecule has 2 N–H and O–H groups in total. The second-order valence-electron chi connectivity index (χ2n) is 7.27. The van der Waals surface area contributed by atoms with Gasteiger partial charge in [-0.05, 0) is 55.0 Å². The van der Waals surface area contributed by atoms with Gasteiger partial charge in [-0.25, -0.2) is 9.37 Å². The number of furan rings is 1. The van der Waals surface area contributed by atoms with Gasteiger partial charge in [0, 0.05) is 0 Å². The van der Waals surface area contributed by atoms with Crippen molar-refractivity contribution in [1.82, 2.24) is 9.55 Å². The van der Waals surface area contributed by atoms with Crippen LogP contribution in [0.1, 0.15) is 27.4 Å². The maximum Gasteiger partial charge on any atom is 0.242 e. The highest BCUT2D eigenvalue weighted by Crippen LogP contribution is 2.45. The molecular weight excluding hydrogens is 445 g/mol. The van der Waals surface area contributed by atoms with E-state index in [4.69, 9.17) is 9.68 Å². The van der Waals surface area contributed by atoms with Gasteiger partial charge in [0.2, 0.25) is 11.7 Å². The Morgan fingerprint density at radius 1 is 1.15 bits per heavy atom. The van der Waals surface area contributed by atoms with Crippen molar-refractivity contribution in [3.8, 4) is 34.1 Å². The van der Waals surface area contributed by atoms with Crippen LogP contribution < -0.4 is 0 Å². The van der Waals surface area contributed by atoms with Gasteiger partial charge in [-0.3, -0.25) is 9.36 Å². The van der Waals surface area contributed by atoms with Crippen molar-refractivity contribution in [2.24, 2.45) is 0 Å². The first kappa shape index (κ1) is 20.5. The van der Waals surface area contributed by atoms with E-state index in [2.05, 4.69) is 4.98 Å². The topological polar surface area (TPSA) is 112 Å². The normalized spacial score (nSPS) is 11.1. The van der Waals surface area contributed by atoms with E-state index in [0.717, 1.165) is 11.3 Å². The molecule has 0 saturated carbocycles. The first-order chi connectivity index (χ1) is 15.9. The average molecular weight is 459 g/mol. The molecule has 0 saturated heterocycles. The zero-order chi connectivity index (χ0) is 23.3. The lowest BCUT2D eigenvalue weighted by molar-refractivity contribution is 0.101. The Labute approximate surface area is 190 Å². The number of fused-ring (bicyclic) bond motifs is 1. The molecule has 2 aromatic carbocycles. The molecule has 5 aromatic rings. The minimum Gasteiger partial charge on any atom is -0.503 e. The Hall–Kier alpha value is -4.42. The molecule has 0 amide bonds. The van der Waals surface area contributed by atoms with E-state index < -0.39 is 23.2 Å². The van der Waals surface area contributed by atoms with Crippen LogP contribution >= 0.6 is 11.3 Å². The summed E-state index contributed by atoms with van der Waals surface area (Å²) in [6.07, 6.45) is 0. The Morgan fingerprint density at radius 3 is 2.58 bits per heavy atom. The van der Waals surface area contributed by atoms with Gasteiger partial charge in [-0.2, -0.15) is 5.26 Å². The van der Waals surface area contributed by atoms with Gasteiger partial charge in [0.05, 0.1) is 33.1 Å². The minimum atomic E-state index is -0.640. The highest BCUT2D eigenvalue weighted by molar-refractivity contribution is 7.20. The van der Waals surface area contributed by atoms with E-state index in [-0.39, 0.29) is 22.1 Å². The van der Waals surface area contributed by atoms with Crippen LogP contribution in [0.15, 0.2) is 59.0 Å². The highest BCUT2D eigenvalue weighted by atomic mass is 32.1. The molecule has 0 fully saturated rings. The molecule has 0 aliphatic heterocycles. The van der Waals surface area contributed by atoms with Crippen molar-refractivity contribution in [2.45, 2.75) is 6.92 Å². The molecule has 0 aliphatic carbocycles. The molecule has 0 atom stereocenters. The zero-order valence-electron chi connectivity index (χ0n) is 17.0. The zero-order valence-corrected chi connectivity index (χ0v) is 17.9. The molecule has 0 radical (unpaired) electrons. The van der Waals surface area contributed by atoms with E-state index in [1.54, 1.807) is 37.3 Å². The molecule has 5 rings (SSSR count). The summed E-state index contributed by atoms with van der Waals surface area (Å²) in [4.78, 5) is 17.8. The van der Waals surface area contributed by atoms with Crippen molar-refractivity contribution in [3.05, 3.63) is 83.1 Å². The number of thiazole rings is 1. The van der Waals surface area contributed by atoms with E-state index >= 15 is 0 Å². The number of carbonyl (C=O) groups is 1. The predicted octanol–water partition coefficient (Wildman–Crippen LogP) is 5.31. The van der Waals surface area contributed by atoms with Gasteiger partial charge in [0.1, 0.15) is 11.6 Å². The monoisotopic (exact) mass is 459 g/mol. The third-order valence-corrected chi connectivity index (χ3v) is 6.13. The summed E-state index contributed by atoms with van der Waals surface area (Å²) >= 11 is 1.08. The molecule has 162 valence electrons. The van der Waals surface area contributed by atoms with Gasteiger partial charge in [-0.1, -0.05) is 23.5 Å². The summed E-state index contributed by atoms with van der Waals surface area (Å²) < 4.78 is 20.9. The number of nitriles is 1. The van der Waals surface area contributed by atoms with Crippen molar-refractivity contribution in [2.75, 3.05) is 0 Å². The molecule has 7 nitrogen and oxygen atoms in total. The van der Waals surface area contributed by atoms with Crippen molar-refractivity contribution < 1.29 is 23.8 Å². The second-order valence-corrected chi connectivity index (χ2v) is 8.28. The minimum absolute atomic E-state index is 0.0128. The Balaban J connectivity index is 1.81. The van der Waals surface area contributed by atoms with E-state index in [1.807, 2.05) is 6.07 Å². The number of ketones is 1. The van der Waals surface area contributed by atoms with E-state index in [9.17, 15) is 19.4 Å². The number of rotatable bonds is 4. The molecule has 0 bridgehead atoms. The summed E-state index contributed by atoms with van der Waals surface area (Å²) in [5, 5.41) is 31.0. The third kappa shape index (κ3) is 3.33. The molecule has 3 heterocycles. The van der Waals surface area contributed by atoms with Gasteiger partial charge in [0.15, 0.2) is 16.6 Å². The van der Waals surface area contributed by atoms with Crippen LogP contribution in [0.25, 0.3) is 26.6 Å². The van der Waals surface area contributed by atoms with Crippen molar-refractivity contribution in [3.63, 3.8) is 0 Å². The predicted molar refractivity (Wildman–Crippen MR) is 119 cm³/mol. The number of aryl methyl sites for hydroxylation is 1. The number of carbonyl (C=O) groups excluding carboxylic acids is 1. The second kappa shape index (κ2) is 7.62. The summed E-state index contributed by atoms with van der Waals surface area (Å²) in [6.45, 7) is 1.68. The molecule has 0 unspecified atom stereocenters. The molecule has 9 heteroatoms. The van der Waals surface area contributed by atoms with Gasteiger partial charge in [-0.15, -0.1) is 0 Å². The standard InChI is InChI=1S/C24H14FN3O4S/c1-12-2-9-17(32-12)21(29)19-20(14-5-3-13(11-26)4-6-14)28(23(31)22(19)30)24-27-16-8-7-15(25)10-18(16)33-24/h2-10,30-31H,1H3. The Bertz CT molecular complexity index is 1590. The van der Waals surface area contributed by atoms with E-state index in [0.29, 0.717) is 27.1 Å². The number of benzene rings is 2. The lowest BCUT2D eigenvalue weighted by atomic mass is 10.0. The SMILES string of the molecule is Cc1ccc(C(=O)c2c(O)c(O)n(-c3nc4ccc(F)cc4s3)c2-c2ccc(C#N)cc2)o1. The number of nitrogens with zero attached hydrogens (tertiary/aromatic N) is 3. The van der Waals surface area contributed by atoms with Crippen molar-refractivity contribution >= 4 is 27.3 Å². The van der Waals surface area contributed by atoms with Crippen LogP contribution in [0.3, 0.4) is 0 Å². The summed E-state index contributed by atoms with van der Waals surface area (Å²) in [5.41, 5.74) is 1.31. The third-order valence-electron chi connectivity index (χ3n) is 5.13. The number of aromatic nitrogens is 2. The maximum atomic E-state index is 13.7. The lowest BCUT2D eigenvalue weighted by Crippen LogP contribution is -2.04. The fourth-order valence-corrected chi connectivity index (χ4v) is 4.59. The molecular formula is C24H14FN3O4S. The van der Waals surface area contributed by atoms with Crippen LogP contribution in [0, 0.1) is 24.1 Å². The number of hydrogen-bond donors (Lipinski definition) is 2. The lowest BCUT2D eigenvalue weighted by Gasteiger charge is -2.09. The fourth-order valence-electron chi connectivity index (χ4n) is 3.59. The van der Waals surface area contributed by atoms with Gasteiger partial charge in [0.25, 0.3) is 0 Å². The number of halogens is 1. The highest BCUT2D eigenvalue weighted by Gasteiger charge is 2.32. The summed E-state index contributed by atoms with van der Waals surface area (Å²) in [7, 11) is 0. The number of aromatic hydroxyl groups is 2. The average Bonchev–Trinajstić information content (AvgIpc) is 3.49. The van der Waals surface area contributed by atoms with Crippen LogP contribution in [-0.4, -0.2) is 25.5 Å². The fraction of sp³-hybridized carbons (Fsp3) is 0.0417. The van der Waals surface area contributed by atoms with Crippen LogP contribution in [0.4, 0.5) is 4.39 Å². The molecule has 3 aromatic heterocycles. The van der Waals surface area contributed by atoms with E-state index in [1.165, 1.54) is 28.8 Å². The molecule has 0 aliphatic rings. The molecule has 33 heavy (non-hydrogen) atoms. The largest absolute Gasteiger partial charge is 0.503 e. The summed E-state index contributed by atoms with van der Waals surface area (Å²) in [6, 6.07) is 15.5. The van der Waals surface area contributed by atoms with Crippen LogP contribution in [0.5, 0.6) is 11.6 Å². The van der Waals surface area contributed by atoms with Gasteiger partial charge >= 0.3 is 0 Å². The quantitative estimate of drug-likeness (QED) is 0.352. The van der Waals surface area contributed by atoms with Crippen LogP contribution in [0.2, 0.25) is 0 Å². The Kier molecular flexibility index (Phi) is 4.73.